The number of hydrogen-bond donors (Lipinski definition) is 4. The summed E-state index contributed by atoms with van der Waals surface area (Å²) in [6.07, 6.45) is 2.10. The Kier molecular flexibility index (Phi) is 2.99. The predicted octanol–water partition coefficient (Wildman–Crippen LogP) is 1.38. The molecule has 0 radical (unpaired) electrons. The molecule has 76 valence electrons. The van der Waals surface area contributed by atoms with Crippen LogP contribution in [-0.4, -0.2) is 15.3 Å². The van der Waals surface area contributed by atoms with Crippen molar-refractivity contribution >= 4 is 0 Å². The van der Waals surface area contributed by atoms with E-state index in [1.54, 1.807) is 6.08 Å². The summed E-state index contributed by atoms with van der Waals surface area (Å²) in [6, 6.07) is 2.32. The summed E-state index contributed by atoms with van der Waals surface area (Å²) in [6.45, 7) is 3.52. The van der Waals surface area contributed by atoms with Crippen LogP contribution in [0.15, 0.2) is 24.8 Å². The molecule has 4 heteroatoms. The Hall–Kier alpha value is -1.68. The number of phenolic OH excluding ortho intramolecular Hbond substituents is 3. The summed E-state index contributed by atoms with van der Waals surface area (Å²) in [5, 5.41) is 27.7. The molecule has 0 aliphatic carbocycles. The third kappa shape index (κ3) is 1.80. The van der Waals surface area contributed by atoms with Gasteiger partial charge in [-0.15, -0.1) is 6.58 Å². The van der Waals surface area contributed by atoms with E-state index in [1.165, 1.54) is 12.1 Å². The maximum atomic E-state index is 9.45. The zero-order chi connectivity index (χ0) is 10.7. The van der Waals surface area contributed by atoms with Crippen LogP contribution in [0.1, 0.15) is 18.0 Å². The largest absolute Gasteiger partial charge is 0.504 e. The molecule has 0 fully saturated rings. The maximum Gasteiger partial charge on any atom is 0.200 e. The first-order chi connectivity index (χ1) is 6.57. The van der Waals surface area contributed by atoms with Gasteiger partial charge in [0, 0.05) is 11.6 Å². The van der Waals surface area contributed by atoms with Crippen molar-refractivity contribution in [2.24, 2.45) is 5.73 Å². The van der Waals surface area contributed by atoms with Gasteiger partial charge >= 0.3 is 0 Å². The van der Waals surface area contributed by atoms with Crippen molar-refractivity contribution in [2.45, 2.75) is 12.5 Å². The molecule has 0 aliphatic heterocycles. The molecule has 0 saturated heterocycles. The molecule has 1 aromatic rings. The van der Waals surface area contributed by atoms with Crippen LogP contribution in [0.4, 0.5) is 0 Å². The minimum absolute atomic E-state index is 0.364. The van der Waals surface area contributed by atoms with Gasteiger partial charge in [-0.2, -0.15) is 0 Å². The Labute approximate surface area is 81.9 Å². The fourth-order valence-electron chi connectivity index (χ4n) is 1.19. The summed E-state index contributed by atoms with van der Waals surface area (Å²) >= 11 is 0. The van der Waals surface area contributed by atoms with E-state index < -0.39 is 11.8 Å². The van der Waals surface area contributed by atoms with E-state index in [0.29, 0.717) is 12.0 Å². The van der Waals surface area contributed by atoms with Crippen molar-refractivity contribution in [1.82, 2.24) is 0 Å². The predicted molar refractivity (Wildman–Crippen MR) is 53.2 cm³/mol. The highest BCUT2D eigenvalue weighted by Crippen LogP contribution is 2.39. The molecule has 4 nitrogen and oxygen atoms in total. The molecule has 0 saturated carbocycles. The molecule has 0 aliphatic rings. The van der Waals surface area contributed by atoms with Gasteiger partial charge in [-0.3, -0.25) is 0 Å². The number of benzene rings is 1. The van der Waals surface area contributed by atoms with E-state index in [9.17, 15) is 10.2 Å². The lowest BCUT2D eigenvalue weighted by Crippen LogP contribution is -2.09. The van der Waals surface area contributed by atoms with E-state index in [1.807, 2.05) is 0 Å². The van der Waals surface area contributed by atoms with Gasteiger partial charge in [0.2, 0.25) is 5.75 Å². The number of phenols is 3. The summed E-state index contributed by atoms with van der Waals surface area (Å²) in [7, 11) is 0. The van der Waals surface area contributed by atoms with Crippen LogP contribution in [-0.2, 0) is 0 Å². The minimum Gasteiger partial charge on any atom is -0.504 e. The Morgan fingerprint density at radius 3 is 2.50 bits per heavy atom. The Morgan fingerprint density at radius 1 is 1.29 bits per heavy atom. The first-order valence-corrected chi connectivity index (χ1v) is 4.18. The van der Waals surface area contributed by atoms with Crippen molar-refractivity contribution < 1.29 is 15.3 Å². The van der Waals surface area contributed by atoms with Crippen LogP contribution >= 0.6 is 0 Å². The van der Waals surface area contributed by atoms with Crippen LogP contribution < -0.4 is 5.73 Å². The highest BCUT2D eigenvalue weighted by Gasteiger charge is 2.15. The number of aromatic hydroxyl groups is 3. The number of nitrogens with two attached hydrogens (primary N) is 1. The van der Waals surface area contributed by atoms with Crippen LogP contribution in [0.25, 0.3) is 0 Å². The lowest BCUT2D eigenvalue weighted by Gasteiger charge is -2.12. The van der Waals surface area contributed by atoms with Gasteiger partial charge in [0.15, 0.2) is 11.5 Å². The molecular formula is C10H13NO3. The summed E-state index contributed by atoms with van der Waals surface area (Å²) in [5.74, 6) is -1.28. The van der Waals surface area contributed by atoms with Gasteiger partial charge in [-0.1, -0.05) is 6.08 Å². The second-order valence-corrected chi connectivity index (χ2v) is 3.00. The van der Waals surface area contributed by atoms with Crippen LogP contribution in [0, 0.1) is 0 Å². The zero-order valence-electron chi connectivity index (χ0n) is 7.64. The topological polar surface area (TPSA) is 86.7 Å². The molecule has 0 bridgehead atoms. The molecule has 0 amide bonds. The number of rotatable bonds is 3. The third-order valence-electron chi connectivity index (χ3n) is 1.98. The van der Waals surface area contributed by atoms with Gasteiger partial charge in [-0.25, -0.2) is 0 Å². The average molecular weight is 195 g/mol. The van der Waals surface area contributed by atoms with E-state index in [0.717, 1.165) is 0 Å². The lowest BCUT2D eigenvalue weighted by atomic mass is 10.0. The molecule has 5 N–H and O–H groups in total. The Bertz CT molecular complexity index is 349. The molecule has 0 unspecified atom stereocenters. The molecule has 14 heavy (non-hydrogen) atoms. The minimum atomic E-state index is -0.540. The average Bonchev–Trinajstić information content (AvgIpc) is 2.15. The molecular weight excluding hydrogens is 182 g/mol. The summed E-state index contributed by atoms with van der Waals surface area (Å²) in [5.41, 5.74) is 6.09. The molecule has 1 rings (SSSR count). The summed E-state index contributed by atoms with van der Waals surface area (Å²) < 4.78 is 0. The molecule has 1 atom stereocenters. The second-order valence-electron chi connectivity index (χ2n) is 3.00. The fourth-order valence-corrected chi connectivity index (χ4v) is 1.19. The molecule has 0 spiro atoms. The quantitative estimate of drug-likeness (QED) is 0.433. The highest BCUT2D eigenvalue weighted by molar-refractivity contribution is 5.54. The van der Waals surface area contributed by atoms with Crippen LogP contribution in [0.2, 0.25) is 0 Å². The van der Waals surface area contributed by atoms with Crippen molar-refractivity contribution in [2.75, 3.05) is 0 Å². The first kappa shape index (κ1) is 10.4. The maximum absolute atomic E-state index is 9.45. The first-order valence-electron chi connectivity index (χ1n) is 4.18. The SMILES string of the molecule is C=CC[C@H](N)c1ccc(O)c(O)c1O. The van der Waals surface area contributed by atoms with Crippen LogP contribution in [0.5, 0.6) is 17.2 Å². The van der Waals surface area contributed by atoms with E-state index in [-0.39, 0.29) is 11.5 Å². The summed E-state index contributed by atoms with van der Waals surface area (Å²) in [4.78, 5) is 0. The Balaban J connectivity index is 3.10. The van der Waals surface area contributed by atoms with Crippen molar-refractivity contribution in [1.29, 1.82) is 0 Å². The van der Waals surface area contributed by atoms with Crippen molar-refractivity contribution in [3.63, 3.8) is 0 Å². The lowest BCUT2D eigenvalue weighted by molar-refractivity contribution is 0.363. The van der Waals surface area contributed by atoms with Crippen LogP contribution in [0.3, 0.4) is 0 Å². The zero-order valence-corrected chi connectivity index (χ0v) is 7.64. The van der Waals surface area contributed by atoms with Crippen molar-refractivity contribution in [3.05, 3.63) is 30.4 Å². The van der Waals surface area contributed by atoms with Gasteiger partial charge in [0.25, 0.3) is 0 Å². The molecule has 1 aromatic carbocycles. The van der Waals surface area contributed by atoms with Crippen molar-refractivity contribution in [3.8, 4) is 17.2 Å². The van der Waals surface area contributed by atoms with E-state index >= 15 is 0 Å². The third-order valence-corrected chi connectivity index (χ3v) is 1.98. The fraction of sp³-hybridized carbons (Fsp3) is 0.200. The highest BCUT2D eigenvalue weighted by atomic mass is 16.3. The van der Waals surface area contributed by atoms with Gasteiger partial charge in [0.1, 0.15) is 0 Å². The standard InChI is InChI=1S/C10H13NO3/c1-2-3-7(11)6-4-5-8(12)10(14)9(6)13/h2,4-5,7,12-14H,1,3,11H2/t7-/m0/s1. The smallest absolute Gasteiger partial charge is 0.200 e. The Morgan fingerprint density at radius 2 is 1.93 bits per heavy atom. The van der Waals surface area contributed by atoms with E-state index in [2.05, 4.69) is 6.58 Å². The molecule has 0 aromatic heterocycles. The van der Waals surface area contributed by atoms with Gasteiger partial charge in [-0.05, 0) is 18.6 Å². The van der Waals surface area contributed by atoms with E-state index in [4.69, 9.17) is 10.8 Å². The van der Waals surface area contributed by atoms with Gasteiger partial charge < -0.3 is 21.1 Å². The normalized spacial score (nSPS) is 12.4. The monoisotopic (exact) mass is 195 g/mol. The second kappa shape index (κ2) is 4.02. The number of hydrogen-bond acceptors (Lipinski definition) is 4. The van der Waals surface area contributed by atoms with Gasteiger partial charge in [0.05, 0.1) is 0 Å². The molecule has 0 heterocycles.